The first-order valence-electron chi connectivity index (χ1n) is 5.07. The summed E-state index contributed by atoms with van der Waals surface area (Å²) in [5.41, 5.74) is 0.735. The highest BCUT2D eigenvalue weighted by atomic mass is 16.5. The maximum Gasteiger partial charge on any atom is 0.249 e. The molecule has 2 rings (SSSR count). The first-order valence-corrected chi connectivity index (χ1v) is 5.07. The number of carbonyl (C=O) groups excluding carboxylic acids is 1. The van der Waals surface area contributed by atoms with Crippen molar-refractivity contribution in [1.82, 2.24) is 10.5 Å². The Labute approximate surface area is 87.8 Å². The molecule has 1 unspecified atom stereocenters. The molecule has 1 aliphatic rings. The van der Waals surface area contributed by atoms with Gasteiger partial charge >= 0.3 is 0 Å². The van der Waals surface area contributed by atoms with E-state index in [2.05, 4.69) is 10.5 Å². The van der Waals surface area contributed by atoms with E-state index in [1.807, 2.05) is 6.92 Å². The van der Waals surface area contributed by atoms with Gasteiger partial charge in [0.05, 0.1) is 6.54 Å². The fraction of sp³-hybridized carbons (Fsp3) is 0.600. The summed E-state index contributed by atoms with van der Waals surface area (Å²) >= 11 is 0. The van der Waals surface area contributed by atoms with Crippen LogP contribution in [-0.4, -0.2) is 23.8 Å². The molecule has 0 spiro atoms. The Bertz CT molecular complexity index is 342. The lowest BCUT2D eigenvalue weighted by Gasteiger charge is -2.08. The lowest BCUT2D eigenvalue weighted by molar-refractivity contribution is -0.130. The molecule has 1 aromatic rings. The average molecular weight is 210 g/mol. The molecule has 0 aromatic carbocycles. The third kappa shape index (κ3) is 2.56. The van der Waals surface area contributed by atoms with E-state index in [-0.39, 0.29) is 12.0 Å². The van der Waals surface area contributed by atoms with Crippen LogP contribution in [0.1, 0.15) is 24.3 Å². The van der Waals surface area contributed by atoms with E-state index in [4.69, 9.17) is 9.26 Å². The average Bonchev–Trinajstić information content (AvgIpc) is 2.84. The Morgan fingerprint density at radius 1 is 1.73 bits per heavy atom. The van der Waals surface area contributed by atoms with Crippen LogP contribution >= 0.6 is 0 Å². The Morgan fingerprint density at radius 2 is 2.60 bits per heavy atom. The number of rotatable bonds is 3. The number of amides is 1. The van der Waals surface area contributed by atoms with Crippen molar-refractivity contribution in [1.29, 1.82) is 0 Å². The van der Waals surface area contributed by atoms with Crippen molar-refractivity contribution >= 4 is 5.91 Å². The number of nitrogens with one attached hydrogen (secondary N) is 1. The van der Waals surface area contributed by atoms with Crippen LogP contribution < -0.4 is 5.32 Å². The molecule has 1 aliphatic heterocycles. The van der Waals surface area contributed by atoms with Gasteiger partial charge in [-0.05, 0) is 19.8 Å². The van der Waals surface area contributed by atoms with E-state index < -0.39 is 0 Å². The monoisotopic (exact) mass is 210 g/mol. The molecule has 0 bridgehead atoms. The fourth-order valence-electron chi connectivity index (χ4n) is 1.58. The lowest BCUT2D eigenvalue weighted by Crippen LogP contribution is -2.33. The molecule has 15 heavy (non-hydrogen) atoms. The summed E-state index contributed by atoms with van der Waals surface area (Å²) in [6, 6.07) is 1.80. The van der Waals surface area contributed by atoms with Gasteiger partial charge in [-0.1, -0.05) is 5.16 Å². The molecule has 0 aliphatic carbocycles. The Kier molecular flexibility index (Phi) is 3.01. The highest BCUT2D eigenvalue weighted by molar-refractivity contribution is 5.80. The number of carbonyl (C=O) groups is 1. The van der Waals surface area contributed by atoms with E-state index in [1.54, 1.807) is 6.07 Å². The minimum absolute atomic E-state index is 0.0619. The van der Waals surface area contributed by atoms with Gasteiger partial charge in [0.25, 0.3) is 0 Å². The molecule has 1 atom stereocenters. The molecule has 1 amide bonds. The summed E-state index contributed by atoms with van der Waals surface area (Å²) in [5.74, 6) is 0.685. The second-order valence-corrected chi connectivity index (χ2v) is 3.65. The van der Waals surface area contributed by atoms with Crippen molar-refractivity contribution in [3.05, 3.63) is 17.5 Å². The maximum absolute atomic E-state index is 11.5. The molecule has 5 heteroatoms. The van der Waals surface area contributed by atoms with E-state index in [1.165, 1.54) is 0 Å². The molecular weight excluding hydrogens is 196 g/mol. The summed E-state index contributed by atoms with van der Waals surface area (Å²) in [4.78, 5) is 11.5. The van der Waals surface area contributed by atoms with Gasteiger partial charge in [0.2, 0.25) is 5.91 Å². The number of hydrogen-bond donors (Lipinski definition) is 1. The van der Waals surface area contributed by atoms with Crippen molar-refractivity contribution in [3.8, 4) is 0 Å². The zero-order valence-electron chi connectivity index (χ0n) is 8.66. The molecule has 1 fully saturated rings. The summed E-state index contributed by atoms with van der Waals surface area (Å²) in [7, 11) is 0. The Morgan fingerprint density at radius 3 is 3.20 bits per heavy atom. The van der Waals surface area contributed by atoms with Crippen LogP contribution in [0.15, 0.2) is 10.6 Å². The van der Waals surface area contributed by atoms with Crippen LogP contribution in [0.2, 0.25) is 0 Å². The minimum atomic E-state index is -0.280. The van der Waals surface area contributed by atoms with E-state index in [0.29, 0.717) is 13.2 Å². The van der Waals surface area contributed by atoms with E-state index in [9.17, 15) is 4.79 Å². The smallest absolute Gasteiger partial charge is 0.249 e. The third-order valence-electron chi connectivity index (χ3n) is 2.34. The Hall–Kier alpha value is -1.36. The predicted molar refractivity (Wildman–Crippen MR) is 52.1 cm³/mol. The summed E-state index contributed by atoms with van der Waals surface area (Å²) in [6.45, 7) is 2.90. The number of hydrogen-bond acceptors (Lipinski definition) is 4. The van der Waals surface area contributed by atoms with Crippen molar-refractivity contribution in [2.45, 2.75) is 32.4 Å². The molecular formula is C10H14N2O3. The topological polar surface area (TPSA) is 64.4 Å². The highest BCUT2D eigenvalue weighted by Gasteiger charge is 2.23. The molecule has 1 N–H and O–H groups in total. The second kappa shape index (κ2) is 4.44. The van der Waals surface area contributed by atoms with Gasteiger partial charge < -0.3 is 14.6 Å². The summed E-state index contributed by atoms with van der Waals surface area (Å²) < 4.78 is 10.1. The molecule has 0 saturated carbocycles. The Balaban J connectivity index is 1.80. The highest BCUT2D eigenvalue weighted by Crippen LogP contribution is 2.12. The molecule has 0 radical (unpaired) electrons. The summed E-state index contributed by atoms with van der Waals surface area (Å²) in [6.07, 6.45) is 1.49. The van der Waals surface area contributed by atoms with Crippen LogP contribution in [0.5, 0.6) is 0 Å². The zero-order chi connectivity index (χ0) is 10.7. The van der Waals surface area contributed by atoms with Crippen LogP contribution in [0.3, 0.4) is 0 Å². The molecule has 1 saturated heterocycles. The maximum atomic E-state index is 11.5. The van der Waals surface area contributed by atoms with Gasteiger partial charge in [-0.25, -0.2) is 0 Å². The van der Waals surface area contributed by atoms with Crippen LogP contribution in [0.25, 0.3) is 0 Å². The predicted octanol–water partition coefficient (Wildman–Crippen LogP) is 0.778. The SMILES string of the molecule is Cc1cc(CNC(=O)C2CCCO2)no1. The number of aryl methyl sites for hydroxylation is 1. The standard InChI is InChI=1S/C10H14N2O3/c1-7-5-8(12-15-7)6-11-10(13)9-3-2-4-14-9/h5,9H,2-4,6H2,1H3,(H,11,13). The molecule has 82 valence electrons. The van der Waals surface area contributed by atoms with Gasteiger partial charge in [0.1, 0.15) is 17.6 Å². The first-order chi connectivity index (χ1) is 7.25. The van der Waals surface area contributed by atoms with Crippen molar-refractivity contribution in [3.63, 3.8) is 0 Å². The fourth-order valence-corrected chi connectivity index (χ4v) is 1.58. The third-order valence-corrected chi connectivity index (χ3v) is 2.34. The van der Waals surface area contributed by atoms with Crippen molar-refractivity contribution in [2.24, 2.45) is 0 Å². The number of nitrogens with zero attached hydrogens (tertiary/aromatic N) is 1. The zero-order valence-corrected chi connectivity index (χ0v) is 8.66. The van der Waals surface area contributed by atoms with Gasteiger partial charge in [-0.3, -0.25) is 4.79 Å². The van der Waals surface area contributed by atoms with Gasteiger partial charge in [-0.15, -0.1) is 0 Å². The largest absolute Gasteiger partial charge is 0.368 e. The van der Waals surface area contributed by atoms with Gasteiger partial charge in [0.15, 0.2) is 0 Å². The quantitative estimate of drug-likeness (QED) is 0.800. The number of ether oxygens (including phenoxy) is 1. The minimum Gasteiger partial charge on any atom is -0.368 e. The van der Waals surface area contributed by atoms with E-state index >= 15 is 0 Å². The van der Waals surface area contributed by atoms with E-state index in [0.717, 1.165) is 24.3 Å². The van der Waals surface area contributed by atoms with Crippen LogP contribution in [0.4, 0.5) is 0 Å². The molecule has 2 heterocycles. The van der Waals surface area contributed by atoms with Crippen molar-refractivity contribution in [2.75, 3.05) is 6.61 Å². The van der Waals surface area contributed by atoms with Crippen LogP contribution in [0, 0.1) is 6.92 Å². The lowest BCUT2D eigenvalue weighted by atomic mass is 10.2. The first kappa shape index (κ1) is 10.2. The molecule has 1 aromatic heterocycles. The van der Waals surface area contributed by atoms with Crippen LogP contribution in [-0.2, 0) is 16.1 Å². The van der Waals surface area contributed by atoms with Crippen molar-refractivity contribution < 1.29 is 14.1 Å². The van der Waals surface area contributed by atoms with Gasteiger partial charge in [-0.2, -0.15) is 0 Å². The second-order valence-electron chi connectivity index (χ2n) is 3.65. The number of aromatic nitrogens is 1. The molecule has 5 nitrogen and oxygen atoms in total. The summed E-state index contributed by atoms with van der Waals surface area (Å²) in [5, 5.41) is 6.55. The van der Waals surface area contributed by atoms with Gasteiger partial charge in [0, 0.05) is 12.7 Å². The normalized spacial score (nSPS) is 20.5.